The van der Waals surface area contributed by atoms with Crippen molar-refractivity contribution < 1.29 is 39.5 Å². The lowest BCUT2D eigenvalue weighted by Crippen LogP contribution is -2.73. The first-order chi connectivity index (χ1) is 22.2. The number of thiol groups is 1. The van der Waals surface area contributed by atoms with Crippen LogP contribution in [0.3, 0.4) is 0 Å². The van der Waals surface area contributed by atoms with Gasteiger partial charge in [0.15, 0.2) is 0 Å². The lowest BCUT2D eigenvalue weighted by Gasteiger charge is -2.72. The number of allylic oxidation sites excluding steroid dienone is 4. The Morgan fingerprint density at radius 2 is 1.54 bits per heavy atom. The molecular weight excluding hydrogens is 628 g/mol. The standard InChI is InChI=1S/C39H60O8S/c1-10-22(3)32(44)46-21-36(8)26-14-17-39(48)27(35(26,7)16-15-28(36)41)13-12-24-25-18-34(5,6)30(43)31(47-33(45)23(4)11-2)38(25,20-40)29(42)19-37(24,39)9/h10-12,25-31,40-43,48H,13-21H2,1-9H3/b22-10+,23-11+/t25?,26?,27?,28-,29+,30-,31-,35-,36+,37+,38-,39-/m0/s1. The van der Waals surface area contributed by atoms with Gasteiger partial charge in [0, 0.05) is 26.7 Å². The highest BCUT2D eigenvalue weighted by Gasteiger charge is 2.73. The number of carbonyl (C=O) groups excluding carboxylic acids is 2. The third-order valence-electron chi connectivity index (χ3n) is 14.8. The molecular formula is C39H60O8S. The fourth-order valence-corrected chi connectivity index (χ4v) is 12.1. The van der Waals surface area contributed by atoms with E-state index in [-0.39, 0.29) is 35.7 Å². The molecule has 0 amide bonds. The Balaban J connectivity index is 1.56. The van der Waals surface area contributed by atoms with Crippen molar-refractivity contribution in [1.29, 1.82) is 0 Å². The average Bonchev–Trinajstić information content (AvgIpc) is 3.03. The lowest BCUT2D eigenvalue weighted by atomic mass is 9.36. The van der Waals surface area contributed by atoms with Crippen LogP contribution in [0.15, 0.2) is 34.9 Å². The van der Waals surface area contributed by atoms with Crippen LogP contribution in [0.25, 0.3) is 0 Å². The Bertz CT molecular complexity index is 1400. The van der Waals surface area contributed by atoms with E-state index < -0.39 is 63.4 Å². The Hall–Kier alpha value is -1.65. The zero-order valence-electron chi connectivity index (χ0n) is 30.5. The van der Waals surface area contributed by atoms with Crippen LogP contribution in [0.4, 0.5) is 0 Å². The van der Waals surface area contributed by atoms with Gasteiger partial charge in [-0.2, -0.15) is 12.6 Å². The molecule has 270 valence electrons. The molecule has 4 N–H and O–H groups in total. The second kappa shape index (κ2) is 12.5. The number of aliphatic hydroxyl groups excluding tert-OH is 4. The van der Waals surface area contributed by atoms with Gasteiger partial charge in [0.1, 0.15) is 6.10 Å². The Kier molecular flexibility index (Phi) is 9.82. The molecule has 0 spiro atoms. The summed E-state index contributed by atoms with van der Waals surface area (Å²) in [5.41, 5.74) is -1.25. The van der Waals surface area contributed by atoms with Gasteiger partial charge in [-0.15, -0.1) is 0 Å². The first-order valence-electron chi connectivity index (χ1n) is 18.0. The van der Waals surface area contributed by atoms with Crippen LogP contribution in [0.5, 0.6) is 0 Å². The quantitative estimate of drug-likeness (QED) is 0.104. The molecule has 0 aromatic carbocycles. The highest BCUT2D eigenvalue weighted by molar-refractivity contribution is 7.81. The number of rotatable bonds is 6. The maximum Gasteiger partial charge on any atom is 0.333 e. The summed E-state index contributed by atoms with van der Waals surface area (Å²) in [4.78, 5) is 25.9. The third-order valence-corrected chi connectivity index (χ3v) is 15.8. The summed E-state index contributed by atoms with van der Waals surface area (Å²) in [6.07, 6.45) is 6.37. The molecule has 0 saturated heterocycles. The molecule has 0 aromatic rings. The molecule has 5 aliphatic rings. The van der Waals surface area contributed by atoms with Gasteiger partial charge < -0.3 is 29.9 Å². The molecule has 0 heterocycles. The van der Waals surface area contributed by atoms with Gasteiger partial charge in [-0.25, -0.2) is 9.59 Å². The van der Waals surface area contributed by atoms with Crippen molar-refractivity contribution in [2.24, 2.45) is 44.8 Å². The topological polar surface area (TPSA) is 134 Å². The van der Waals surface area contributed by atoms with E-state index in [2.05, 4.69) is 26.8 Å². The monoisotopic (exact) mass is 688 g/mol. The molecule has 8 nitrogen and oxygen atoms in total. The number of hydrogen-bond acceptors (Lipinski definition) is 9. The predicted molar refractivity (Wildman–Crippen MR) is 188 cm³/mol. The second-order valence-corrected chi connectivity index (χ2v) is 18.2. The number of aliphatic hydroxyl groups is 4. The number of fused-ring (bicyclic) bond motifs is 7. The van der Waals surface area contributed by atoms with Gasteiger partial charge in [-0.1, -0.05) is 58.4 Å². The summed E-state index contributed by atoms with van der Waals surface area (Å²) in [5.74, 6) is -1.06. The molecule has 0 bridgehead atoms. The van der Waals surface area contributed by atoms with Crippen molar-refractivity contribution in [1.82, 2.24) is 0 Å². The van der Waals surface area contributed by atoms with E-state index in [1.165, 1.54) is 0 Å². The molecule has 4 saturated carbocycles. The predicted octanol–water partition coefficient (Wildman–Crippen LogP) is 5.72. The molecule has 5 aliphatic carbocycles. The second-order valence-electron chi connectivity index (χ2n) is 17.4. The zero-order valence-corrected chi connectivity index (χ0v) is 31.4. The smallest absolute Gasteiger partial charge is 0.333 e. The molecule has 0 aliphatic heterocycles. The minimum atomic E-state index is -1.27. The molecule has 4 fully saturated rings. The number of carbonyl (C=O) groups is 2. The van der Waals surface area contributed by atoms with Crippen LogP contribution in [-0.2, 0) is 19.1 Å². The van der Waals surface area contributed by atoms with Crippen molar-refractivity contribution in [3.63, 3.8) is 0 Å². The van der Waals surface area contributed by atoms with E-state index in [0.29, 0.717) is 30.4 Å². The third kappa shape index (κ3) is 5.14. The first-order valence-corrected chi connectivity index (χ1v) is 18.4. The average molecular weight is 689 g/mol. The minimum Gasteiger partial charge on any atom is -0.462 e. The van der Waals surface area contributed by atoms with Crippen LogP contribution < -0.4 is 0 Å². The fourth-order valence-electron chi connectivity index (χ4n) is 11.4. The van der Waals surface area contributed by atoms with Crippen molar-refractivity contribution in [2.75, 3.05) is 13.2 Å². The van der Waals surface area contributed by atoms with Gasteiger partial charge in [0.2, 0.25) is 0 Å². The molecule has 0 aromatic heterocycles. The van der Waals surface area contributed by atoms with Gasteiger partial charge in [-0.05, 0) is 101 Å². The van der Waals surface area contributed by atoms with E-state index in [1.807, 2.05) is 20.8 Å². The molecule has 9 heteroatoms. The molecule has 0 radical (unpaired) electrons. The Morgan fingerprint density at radius 3 is 2.15 bits per heavy atom. The molecule has 5 rings (SSSR count). The van der Waals surface area contributed by atoms with Gasteiger partial charge in [0.25, 0.3) is 0 Å². The summed E-state index contributed by atoms with van der Waals surface area (Å²) < 4.78 is 11.4. The Labute approximate surface area is 292 Å². The van der Waals surface area contributed by atoms with Crippen molar-refractivity contribution >= 4 is 24.6 Å². The van der Waals surface area contributed by atoms with E-state index in [0.717, 1.165) is 31.3 Å². The van der Waals surface area contributed by atoms with E-state index in [4.69, 9.17) is 22.1 Å². The summed E-state index contributed by atoms with van der Waals surface area (Å²) in [6, 6.07) is 0. The normalized spacial score (nSPS) is 47.0. The molecule has 3 unspecified atom stereocenters. The highest BCUT2D eigenvalue weighted by Crippen LogP contribution is 2.74. The highest BCUT2D eigenvalue weighted by atomic mass is 32.1. The van der Waals surface area contributed by atoms with Crippen molar-refractivity contribution in [3.05, 3.63) is 34.9 Å². The van der Waals surface area contributed by atoms with Gasteiger partial charge in [-0.3, -0.25) is 0 Å². The maximum absolute atomic E-state index is 13.2. The minimum absolute atomic E-state index is 0.0868. The first kappa shape index (κ1) is 37.6. The van der Waals surface area contributed by atoms with E-state index in [1.54, 1.807) is 32.9 Å². The van der Waals surface area contributed by atoms with E-state index >= 15 is 0 Å². The SMILES string of the molecule is C/C=C(\C)C(=O)OC[C@]1(C)C2CC[C@]3(S)C(CC=C4C5CC(C)(C)[C@@H](O)[C@H](OC(=O)/C(C)=C/C)[C@]5(CO)[C@H](O)C[C@]43C)[C@@]2(C)CC[C@@H]1O. The van der Waals surface area contributed by atoms with Crippen LogP contribution in [-0.4, -0.2) is 74.7 Å². The summed E-state index contributed by atoms with van der Waals surface area (Å²) in [5, 5.41) is 46.7. The van der Waals surface area contributed by atoms with E-state index in [9.17, 15) is 30.0 Å². The zero-order chi connectivity index (χ0) is 35.8. The van der Waals surface area contributed by atoms with Gasteiger partial charge >= 0.3 is 11.9 Å². The largest absolute Gasteiger partial charge is 0.462 e. The van der Waals surface area contributed by atoms with Gasteiger partial charge in [0.05, 0.1) is 36.9 Å². The van der Waals surface area contributed by atoms with Crippen LogP contribution in [0, 0.1) is 44.8 Å². The Morgan fingerprint density at radius 1 is 0.917 bits per heavy atom. The number of hydrogen-bond donors (Lipinski definition) is 5. The summed E-state index contributed by atoms with van der Waals surface area (Å²) >= 11 is 5.68. The van der Waals surface area contributed by atoms with Crippen LogP contribution in [0.1, 0.15) is 107 Å². The van der Waals surface area contributed by atoms with Crippen LogP contribution in [0.2, 0.25) is 0 Å². The number of esters is 2. The van der Waals surface area contributed by atoms with Crippen molar-refractivity contribution in [3.8, 4) is 0 Å². The molecule has 12 atom stereocenters. The summed E-state index contributed by atoms with van der Waals surface area (Å²) in [6.45, 7) is 17.2. The van der Waals surface area contributed by atoms with Crippen molar-refractivity contribution in [2.45, 2.75) is 136 Å². The molecule has 48 heavy (non-hydrogen) atoms. The maximum atomic E-state index is 13.2. The lowest BCUT2D eigenvalue weighted by molar-refractivity contribution is -0.250. The van der Waals surface area contributed by atoms with Crippen LogP contribution >= 0.6 is 12.6 Å². The number of ether oxygens (including phenoxy) is 2. The summed E-state index contributed by atoms with van der Waals surface area (Å²) in [7, 11) is 0. The fraction of sp³-hybridized carbons (Fsp3) is 0.795.